The number of amides is 1. The Balaban J connectivity index is 1.46. The average Bonchev–Trinajstić information content (AvgIpc) is 3.26. The van der Waals surface area contributed by atoms with Crippen molar-refractivity contribution in [1.82, 2.24) is 29.7 Å². The van der Waals surface area contributed by atoms with E-state index in [2.05, 4.69) is 36.5 Å². The number of hydrogen-bond donors (Lipinski definition) is 1. The van der Waals surface area contributed by atoms with Gasteiger partial charge in [0.25, 0.3) is 5.91 Å². The second kappa shape index (κ2) is 6.48. The van der Waals surface area contributed by atoms with Gasteiger partial charge in [0.2, 0.25) is 0 Å². The number of carbonyl (C=O) groups is 1. The molecule has 0 aliphatic carbocycles. The molecule has 0 bridgehead atoms. The molecule has 0 saturated carbocycles. The highest BCUT2D eigenvalue weighted by atomic mass is 79.9. The van der Waals surface area contributed by atoms with Gasteiger partial charge >= 0.3 is 0 Å². The van der Waals surface area contributed by atoms with Crippen molar-refractivity contribution >= 4 is 27.5 Å². The molecule has 0 aliphatic rings. The molecule has 3 aromatic heterocycles. The van der Waals surface area contributed by atoms with Crippen LogP contribution in [0, 0.1) is 0 Å². The van der Waals surface area contributed by atoms with E-state index < -0.39 is 0 Å². The predicted molar refractivity (Wildman–Crippen MR) is 95.4 cm³/mol. The van der Waals surface area contributed by atoms with Gasteiger partial charge in [-0.15, -0.1) is 5.10 Å². The van der Waals surface area contributed by atoms with E-state index in [9.17, 15) is 4.79 Å². The van der Waals surface area contributed by atoms with Crippen LogP contribution in [0.5, 0.6) is 0 Å². The summed E-state index contributed by atoms with van der Waals surface area (Å²) in [4.78, 5) is 16.7. The smallest absolute Gasteiger partial charge is 0.273 e. The molecule has 0 fully saturated rings. The number of halogens is 1. The van der Waals surface area contributed by atoms with Crippen LogP contribution in [0.1, 0.15) is 16.2 Å². The molecule has 1 aromatic carbocycles. The van der Waals surface area contributed by atoms with Gasteiger partial charge in [-0.2, -0.15) is 0 Å². The molecule has 7 nitrogen and oxygen atoms in total. The fourth-order valence-corrected chi connectivity index (χ4v) is 2.83. The first-order valence-corrected chi connectivity index (χ1v) is 8.37. The fourth-order valence-electron chi connectivity index (χ4n) is 2.45. The van der Waals surface area contributed by atoms with Crippen molar-refractivity contribution in [2.75, 3.05) is 0 Å². The van der Waals surface area contributed by atoms with Gasteiger partial charge in [-0.3, -0.25) is 4.79 Å². The van der Waals surface area contributed by atoms with Crippen LogP contribution in [-0.4, -0.2) is 30.3 Å². The monoisotopic (exact) mass is 396 g/mol. The van der Waals surface area contributed by atoms with Crippen LogP contribution in [-0.2, 0) is 6.54 Å². The second-order valence-corrected chi connectivity index (χ2v) is 6.32. The molecular formula is C17H13BrN6O. The highest BCUT2D eigenvalue weighted by Gasteiger charge is 2.12. The van der Waals surface area contributed by atoms with Crippen LogP contribution in [0.3, 0.4) is 0 Å². The van der Waals surface area contributed by atoms with Crippen molar-refractivity contribution in [2.45, 2.75) is 6.54 Å². The summed E-state index contributed by atoms with van der Waals surface area (Å²) in [6.07, 6.45) is 5.39. The maximum absolute atomic E-state index is 12.3. The number of rotatable bonds is 4. The minimum Gasteiger partial charge on any atom is -0.345 e. The lowest BCUT2D eigenvalue weighted by Crippen LogP contribution is -2.23. The first-order valence-electron chi connectivity index (χ1n) is 7.58. The molecule has 4 rings (SSSR count). The first-order chi connectivity index (χ1) is 12.2. The van der Waals surface area contributed by atoms with Gasteiger partial charge in [0.1, 0.15) is 5.65 Å². The highest BCUT2D eigenvalue weighted by Crippen LogP contribution is 2.14. The lowest BCUT2D eigenvalue weighted by Gasteiger charge is -2.00. The van der Waals surface area contributed by atoms with Crippen molar-refractivity contribution in [2.24, 2.45) is 0 Å². The minimum atomic E-state index is -0.293. The molecule has 0 radical (unpaired) electrons. The van der Waals surface area contributed by atoms with Gasteiger partial charge in [0.15, 0.2) is 5.69 Å². The van der Waals surface area contributed by atoms with Gasteiger partial charge in [-0.1, -0.05) is 33.3 Å². The second-order valence-electron chi connectivity index (χ2n) is 5.41. The molecule has 0 aliphatic heterocycles. The quantitative estimate of drug-likeness (QED) is 0.575. The van der Waals surface area contributed by atoms with Crippen LogP contribution in [0.2, 0.25) is 0 Å². The van der Waals surface area contributed by atoms with Crippen LogP contribution >= 0.6 is 15.9 Å². The number of carbonyl (C=O) groups excluding carboxylic acids is 1. The van der Waals surface area contributed by atoms with Crippen LogP contribution in [0.4, 0.5) is 0 Å². The maximum atomic E-state index is 12.3. The van der Waals surface area contributed by atoms with E-state index in [-0.39, 0.29) is 11.6 Å². The van der Waals surface area contributed by atoms with Gasteiger partial charge in [-0.05, 0) is 30.3 Å². The molecule has 3 heterocycles. The maximum Gasteiger partial charge on any atom is 0.273 e. The number of fused-ring (bicyclic) bond motifs is 1. The van der Waals surface area contributed by atoms with E-state index in [0.717, 1.165) is 21.5 Å². The summed E-state index contributed by atoms with van der Waals surface area (Å²) in [5, 5.41) is 10.8. The van der Waals surface area contributed by atoms with Crippen molar-refractivity contribution in [3.63, 3.8) is 0 Å². The predicted octanol–water partition coefficient (Wildman–Crippen LogP) is 2.61. The zero-order valence-electron chi connectivity index (χ0n) is 13.0. The molecular weight excluding hydrogens is 384 g/mol. The summed E-state index contributed by atoms with van der Waals surface area (Å²) in [7, 11) is 0. The van der Waals surface area contributed by atoms with E-state index in [1.54, 1.807) is 10.9 Å². The summed E-state index contributed by atoms with van der Waals surface area (Å²) in [5.74, 6) is -0.293. The Morgan fingerprint density at radius 3 is 2.92 bits per heavy atom. The van der Waals surface area contributed by atoms with E-state index in [0.29, 0.717) is 6.54 Å². The highest BCUT2D eigenvalue weighted by molar-refractivity contribution is 9.10. The summed E-state index contributed by atoms with van der Waals surface area (Å²) < 4.78 is 4.40. The molecule has 0 unspecified atom stereocenters. The van der Waals surface area contributed by atoms with Crippen molar-refractivity contribution in [3.8, 4) is 5.69 Å². The standard InChI is InChI=1S/C17H13BrN6O/c18-12-4-3-5-14(8-12)24-11-15(21-22-24)17(25)19-9-13-10-23-7-2-1-6-16(23)20-13/h1-8,10-11H,9H2,(H,19,25). The topological polar surface area (TPSA) is 77.1 Å². The Morgan fingerprint density at radius 2 is 2.08 bits per heavy atom. The number of nitrogens with one attached hydrogen (secondary N) is 1. The number of pyridine rings is 1. The third kappa shape index (κ3) is 3.29. The van der Waals surface area contributed by atoms with E-state index >= 15 is 0 Å². The molecule has 8 heteroatoms. The van der Waals surface area contributed by atoms with Gasteiger partial charge < -0.3 is 9.72 Å². The largest absolute Gasteiger partial charge is 0.345 e. The molecule has 1 amide bonds. The van der Waals surface area contributed by atoms with Crippen LogP contribution < -0.4 is 5.32 Å². The summed E-state index contributed by atoms with van der Waals surface area (Å²) in [6.45, 7) is 0.324. The molecule has 124 valence electrons. The Bertz CT molecular complexity index is 1020. The Morgan fingerprint density at radius 1 is 1.16 bits per heavy atom. The van der Waals surface area contributed by atoms with Crippen molar-refractivity contribution < 1.29 is 4.79 Å². The third-order valence-electron chi connectivity index (χ3n) is 3.64. The SMILES string of the molecule is O=C(NCc1cn2ccccc2n1)c1cn(-c2cccc(Br)c2)nn1. The Kier molecular flexibility index (Phi) is 4.02. The molecule has 0 saturated heterocycles. The Hall–Kier alpha value is -3.00. The third-order valence-corrected chi connectivity index (χ3v) is 4.14. The summed E-state index contributed by atoms with van der Waals surface area (Å²) in [5.41, 5.74) is 2.69. The van der Waals surface area contributed by atoms with Crippen LogP contribution in [0.15, 0.2) is 65.5 Å². The van der Waals surface area contributed by atoms with Crippen LogP contribution in [0.25, 0.3) is 11.3 Å². The lowest BCUT2D eigenvalue weighted by molar-refractivity contribution is 0.0945. The van der Waals surface area contributed by atoms with Gasteiger partial charge in [0, 0.05) is 16.9 Å². The normalized spacial score (nSPS) is 10.9. The number of nitrogens with zero attached hydrogens (tertiary/aromatic N) is 5. The zero-order chi connectivity index (χ0) is 17.2. The van der Waals surface area contributed by atoms with Crippen molar-refractivity contribution in [1.29, 1.82) is 0 Å². The first kappa shape index (κ1) is 15.5. The number of imidazole rings is 1. The molecule has 0 atom stereocenters. The molecule has 25 heavy (non-hydrogen) atoms. The van der Waals surface area contributed by atoms with E-state index in [1.807, 2.05) is 59.3 Å². The fraction of sp³-hybridized carbons (Fsp3) is 0.0588. The zero-order valence-corrected chi connectivity index (χ0v) is 14.6. The van der Waals surface area contributed by atoms with Crippen molar-refractivity contribution in [3.05, 3.63) is 76.9 Å². The lowest BCUT2D eigenvalue weighted by atomic mass is 10.3. The molecule has 4 aromatic rings. The molecule has 1 N–H and O–H groups in total. The average molecular weight is 397 g/mol. The number of hydrogen-bond acceptors (Lipinski definition) is 4. The number of aromatic nitrogens is 5. The van der Waals surface area contributed by atoms with E-state index in [4.69, 9.17) is 0 Å². The minimum absolute atomic E-state index is 0.253. The Labute approximate surface area is 151 Å². The summed E-state index contributed by atoms with van der Waals surface area (Å²) in [6, 6.07) is 13.4. The molecule has 0 spiro atoms. The van der Waals surface area contributed by atoms with E-state index in [1.165, 1.54) is 0 Å². The number of benzene rings is 1. The van der Waals surface area contributed by atoms with Gasteiger partial charge in [0.05, 0.1) is 24.1 Å². The summed E-state index contributed by atoms with van der Waals surface area (Å²) >= 11 is 3.41. The van der Waals surface area contributed by atoms with Gasteiger partial charge in [-0.25, -0.2) is 9.67 Å².